The van der Waals surface area contributed by atoms with Crippen LogP contribution in [0.2, 0.25) is 0 Å². The molecular weight excluding hydrogens is 620 g/mol. The second-order valence-corrected chi connectivity index (χ2v) is 13.0. The van der Waals surface area contributed by atoms with Crippen molar-refractivity contribution in [2.24, 2.45) is 5.92 Å². The zero-order valence-electron chi connectivity index (χ0n) is 28.5. The molecule has 0 saturated carbocycles. The minimum Gasteiger partial charge on any atom is -0.493 e. The average Bonchev–Trinajstić information content (AvgIpc) is 3.14. The largest absolute Gasteiger partial charge is 0.493 e. The van der Waals surface area contributed by atoms with Gasteiger partial charge in [0.15, 0.2) is 11.5 Å². The molecule has 2 fully saturated rings. The molecule has 0 atom stereocenters. The lowest BCUT2D eigenvalue weighted by Crippen LogP contribution is -2.49. The van der Waals surface area contributed by atoms with E-state index in [1.807, 2.05) is 30.5 Å². The van der Waals surface area contributed by atoms with Crippen LogP contribution in [0.3, 0.4) is 0 Å². The van der Waals surface area contributed by atoms with Crippen LogP contribution >= 0.6 is 0 Å². The summed E-state index contributed by atoms with van der Waals surface area (Å²) < 4.78 is 11.8. The van der Waals surface area contributed by atoms with Crippen LogP contribution in [-0.2, 0) is 6.54 Å². The number of nitrogens with one attached hydrogen (secondary N) is 1. The maximum absolute atomic E-state index is 11.2. The van der Waals surface area contributed by atoms with Gasteiger partial charge in [0.1, 0.15) is 18.0 Å². The van der Waals surface area contributed by atoms with Crippen LogP contribution in [0.1, 0.15) is 44.1 Å². The van der Waals surface area contributed by atoms with Crippen molar-refractivity contribution in [2.45, 2.75) is 45.1 Å². The number of rotatable bonds is 16. The zero-order valence-corrected chi connectivity index (χ0v) is 28.5. The lowest BCUT2D eigenvalue weighted by Gasteiger charge is -2.39. The van der Waals surface area contributed by atoms with Crippen LogP contribution in [0.4, 0.5) is 17.3 Å². The number of anilines is 2. The quantitative estimate of drug-likeness (QED) is 0.0856. The maximum Gasteiger partial charge on any atom is 0.269 e. The van der Waals surface area contributed by atoms with Crippen LogP contribution in [0.25, 0.3) is 10.9 Å². The van der Waals surface area contributed by atoms with Crippen molar-refractivity contribution in [3.8, 4) is 11.5 Å². The van der Waals surface area contributed by atoms with Crippen LogP contribution in [-0.4, -0.2) is 95.7 Å². The summed E-state index contributed by atoms with van der Waals surface area (Å²) in [6.45, 7) is 10.2. The van der Waals surface area contributed by atoms with Crippen LogP contribution in [0, 0.1) is 16.0 Å². The molecule has 260 valence electrons. The van der Waals surface area contributed by atoms with Crippen molar-refractivity contribution in [1.29, 1.82) is 0 Å². The summed E-state index contributed by atoms with van der Waals surface area (Å²) in [5.41, 5.74) is 1.58. The molecule has 4 heterocycles. The number of ether oxygens (including phenoxy) is 2. The maximum atomic E-state index is 11.2. The molecule has 12 nitrogen and oxygen atoms in total. The van der Waals surface area contributed by atoms with Gasteiger partial charge < -0.3 is 24.6 Å². The first-order valence-corrected chi connectivity index (χ1v) is 17.6. The highest BCUT2D eigenvalue weighted by atomic mass is 16.6. The van der Waals surface area contributed by atoms with Crippen molar-refractivity contribution in [2.75, 3.05) is 76.3 Å². The molecule has 2 aromatic carbocycles. The Hall–Kier alpha value is -4.55. The smallest absolute Gasteiger partial charge is 0.269 e. The van der Waals surface area contributed by atoms with Crippen molar-refractivity contribution in [3.05, 3.63) is 82.8 Å². The van der Waals surface area contributed by atoms with Gasteiger partial charge in [-0.2, -0.15) is 0 Å². The van der Waals surface area contributed by atoms with E-state index in [9.17, 15) is 10.1 Å². The number of nitrogens with zero attached hydrogens (tertiary/aromatic N) is 7. The van der Waals surface area contributed by atoms with Gasteiger partial charge in [0, 0.05) is 69.1 Å². The van der Waals surface area contributed by atoms with E-state index in [2.05, 4.69) is 47.1 Å². The van der Waals surface area contributed by atoms with Crippen LogP contribution in [0.15, 0.2) is 67.1 Å². The van der Waals surface area contributed by atoms with E-state index in [-0.39, 0.29) is 5.69 Å². The lowest BCUT2D eigenvalue weighted by molar-refractivity contribution is -0.384. The standard InChI is InChI=1S/C37H48N8O4/c1-48-34-25-33-32(37(41-28-40-33)39-26-30-9-8-10-31(23-30)45(46)47)24-35(34)49-22-7-3-2-6-15-42-16-12-29(13-17-42)27-43-18-20-44(21-19-43)36-11-4-5-14-38-36/h4-5,8-11,14,23-25,28-29H,2-3,6-7,12-13,15-22,26-27H2,1H3,(H,39,40,41). The van der Waals surface area contributed by atoms with Gasteiger partial charge in [-0.1, -0.05) is 31.0 Å². The Bertz CT molecular complexity index is 1640. The number of piperidine rings is 1. The highest BCUT2D eigenvalue weighted by molar-refractivity contribution is 5.91. The van der Waals surface area contributed by atoms with E-state index in [1.54, 1.807) is 19.2 Å². The Morgan fingerprint density at radius 2 is 1.71 bits per heavy atom. The molecule has 4 aromatic rings. The van der Waals surface area contributed by atoms with Crippen molar-refractivity contribution < 1.29 is 14.4 Å². The highest BCUT2D eigenvalue weighted by Crippen LogP contribution is 2.34. The molecule has 0 radical (unpaired) electrons. The number of likely N-dealkylation sites (tertiary alicyclic amines) is 1. The summed E-state index contributed by atoms with van der Waals surface area (Å²) in [6, 6.07) is 16.5. The summed E-state index contributed by atoms with van der Waals surface area (Å²) in [5.74, 6) is 3.83. The van der Waals surface area contributed by atoms with Gasteiger partial charge in [0.05, 0.1) is 24.2 Å². The first kappa shape index (κ1) is 34.3. The first-order chi connectivity index (χ1) is 24.1. The number of hydrogen-bond donors (Lipinski definition) is 1. The highest BCUT2D eigenvalue weighted by Gasteiger charge is 2.24. The van der Waals surface area contributed by atoms with Crippen LogP contribution in [0.5, 0.6) is 11.5 Å². The van der Waals surface area contributed by atoms with Crippen molar-refractivity contribution in [1.82, 2.24) is 24.8 Å². The van der Waals surface area contributed by atoms with Crippen LogP contribution < -0.4 is 19.7 Å². The number of non-ortho nitro benzene ring substituents is 1. The summed E-state index contributed by atoms with van der Waals surface area (Å²) in [7, 11) is 1.63. The summed E-state index contributed by atoms with van der Waals surface area (Å²) in [6.07, 6.45) is 10.5. The molecule has 2 saturated heterocycles. The predicted molar refractivity (Wildman–Crippen MR) is 193 cm³/mol. The van der Waals surface area contributed by atoms with Gasteiger partial charge in [0.25, 0.3) is 5.69 Å². The molecule has 0 amide bonds. The van der Waals surface area contributed by atoms with E-state index in [4.69, 9.17) is 9.47 Å². The second-order valence-electron chi connectivity index (χ2n) is 13.0. The van der Waals surface area contributed by atoms with Gasteiger partial charge in [-0.15, -0.1) is 0 Å². The molecule has 0 bridgehead atoms. The summed E-state index contributed by atoms with van der Waals surface area (Å²) >= 11 is 0. The molecule has 1 N–H and O–H groups in total. The van der Waals surface area contributed by atoms with Crippen molar-refractivity contribution in [3.63, 3.8) is 0 Å². The minimum atomic E-state index is -0.391. The van der Waals surface area contributed by atoms with Gasteiger partial charge in [0.2, 0.25) is 0 Å². The number of aromatic nitrogens is 3. The van der Waals surface area contributed by atoms with Gasteiger partial charge in [-0.05, 0) is 75.0 Å². The van der Waals surface area contributed by atoms with E-state index < -0.39 is 4.92 Å². The predicted octanol–water partition coefficient (Wildman–Crippen LogP) is 6.03. The Morgan fingerprint density at radius 3 is 2.49 bits per heavy atom. The third kappa shape index (κ3) is 9.54. The Balaban J connectivity index is 0.878. The molecule has 12 heteroatoms. The molecule has 6 rings (SSSR count). The molecule has 0 spiro atoms. The molecule has 0 aliphatic carbocycles. The number of nitro benzene ring substituents is 1. The number of methoxy groups -OCH3 is 1. The summed E-state index contributed by atoms with van der Waals surface area (Å²) in [4.78, 5) is 31.8. The molecule has 0 unspecified atom stereocenters. The van der Waals surface area contributed by atoms with E-state index in [0.29, 0.717) is 30.5 Å². The number of nitro groups is 1. The molecule has 2 aromatic heterocycles. The Labute approximate surface area is 288 Å². The fourth-order valence-electron chi connectivity index (χ4n) is 6.87. The fourth-order valence-corrected chi connectivity index (χ4v) is 6.87. The molecule has 49 heavy (non-hydrogen) atoms. The minimum absolute atomic E-state index is 0.0609. The third-order valence-electron chi connectivity index (χ3n) is 9.70. The van der Waals surface area contributed by atoms with Gasteiger partial charge in [-0.3, -0.25) is 15.0 Å². The topological polar surface area (TPSA) is 122 Å². The molecular formula is C37H48N8O4. The Kier molecular flexibility index (Phi) is 12.1. The van der Waals surface area contributed by atoms with E-state index in [0.717, 1.165) is 67.2 Å². The normalized spacial score (nSPS) is 16.1. The van der Waals surface area contributed by atoms with Gasteiger partial charge in [-0.25, -0.2) is 15.0 Å². The number of piperazine rings is 1. The molecule has 2 aliphatic rings. The monoisotopic (exact) mass is 668 g/mol. The van der Waals surface area contributed by atoms with Crippen molar-refractivity contribution >= 4 is 28.2 Å². The number of fused-ring (bicyclic) bond motifs is 1. The average molecular weight is 669 g/mol. The van der Waals surface area contributed by atoms with E-state index >= 15 is 0 Å². The third-order valence-corrected chi connectivity index (χ3v) is 9.70. The second kappa shape index (κ2) is 17.2. The lowest BCUT2D eigenvalue weighted by atomic mass is 9.95. The zero-order chi connectivity index (χ0) is 33.8. The SMILES string of the molecule is COc1cc2ncnc(NCc3cccc([N+](=O)[O-])c3)c2cc1OCCCCCCN1CCC(CN2CCN(c3ccccn3)CC2)CC1. The Morgan fingerprint density at radius 1 is 0.878 bits per heavy atom. The number of unbranched alkanes of at least 4 members (excludes halogenated alkanes) is 3. The first-order valence-electron chi connectivity index (χ1n) is 17.6. The fraction of sp³-hybridized carbons (Fsp3) is 0.486. The summed E-state index contributed by atoms with van der Waals surface area (Å²) in [5, 5.41) is 15.3. The van der Waals surface area contributed by atoms with E-state index in [1.165, 1.54) is 64.3 Å². The number of pyridine rings is 1. The van der Waals surface area contributed by atoms with Gasteiger partial charge >= 0.3 is 0 Å². The molecule has 2 aliphatic heterocycles. The number of benzene rings is 2. The number of hydrogen-bond acceptors (Lipinski definition) is 11.